The van der Waals surface area contributed by atoms with Gasteiger partial charge in [0.15, 0.2) is 5.82 Å². The fourth-order valence-corrected chi connectivity index (χ4v) is 3.06. The highest BCUT2D eigenvalue weighted by Crippen LogP contribution is 2.37. The molecule has 0 amide bonds. The average Bonchev–Trinajstić information content (AvgIpc) is 2.89. The molecule has 1 atom stereocenters. The van der Waals surface area contributed by atoms with Gasteiger partial charge in [-0.15, -0.1) is 5.10 Å². The molecule has 0 saturated carbocycles. The van der Waals surface area contributed by atoms with E-state index in [1.165, 1.54) is 4.68 Å². The standard InChI is InChI=1S/C16H15Cl3N4O2/c1-3-25-12(24)6-8(2)15-9(7-20)16(21)22-23(15)11-5-4-10(17)13(18)14(11)19/h4-5,8H,3,6H2,1-2H3,(H2,21,22). The maximum atomic E-state index is 11.8. The van der Waals surface area contributed by atoms with Crippen LogP contribution in [-0.4, -0.2) is 22.4 Å². The number of ether oxygens (including phenoxy) is 1. The predicted octanol–water partition coefficient (Wildman–Crippen LogP) is 4.34. The van der Waals surface area contributed by atoms with E-state index in [-0.39, 0.29) is 51.4 Å². The number of rotatable bonds is 5. The van der Waals surface area contributed by atoms with Crippen LogP contribution in [0.4, 0.5) is 5.82 Å². The minimum absolute atomic E-state index is 0.0374. The highest BCUT2D eigenvalue weighted by Gasteiger charge is 2.26. The van der Waals surface area contributed by atoms with Crippen LogP contribution in [0, 0.1) is 11.3 Å². The van der Waals surface area contributed by atoms with Crippen molar-refractivity contribution in [2.45, 2.75) is 26.2 Å². The third-order valence-corrected chi connectivity index (χ3v) is 4.83. The molecular formula is C16H15Cl3N4O2. The van der Waals surface area contributed by atoms with Crippen molar-refractivity contribution < 1.29 is 9.53 Å². The molecular weight excluding hydrogens is 387 g/mol. The van der Waals surface area contributed by atoms with E-state index in [0.717, 1.165) is 0 Å². The second-order valence-corrected chi connectivity index (χ2v) is 6.44. The Kier molecular flexibility index (Phi) is 6.17. The predicted molar refractivity (Wildman–Crippen MR) is 97.4 cm³/mol. The molecule has 0 saturated heterocycles. The summed E-state index contributed by atoms with van der Waals surface area (Å²) >= 11 is 18.3. The lowest BCUT2D eigenvalue weighted by atomic mass is 10.00. The summed E-state index contributed by atoms with van der Waals surface area (Å²) in [6, 6.07) is 5.20. The van der Waals surface area contributed by atoms with Gasteiger partial charge in [-0.2, -0.15) is 5.26 Å². The van der Waals surface area contributed by atoms with Crippen LogP contribution in [-0.2, 0) is 9.53 Å². The number of nitrogens with zero attached hydrogens (tertiary/aromatic N) is 3. The summed E-state index contributed by atoms with van der Waals surface area (Å²) in [7, 11) is 0. The number of carbonyl (C=O) groups is 1. The van der Waals surface area contributed by atoms with Gasteiger partial charge < -0.3 is 10.5 Å². The molecule has 0 aliphatic carbocycles. The molecule has 1 heterocycles. The Balaban J connectivity index is 2.59. The fraction of sp³-hybridized carbons (Fsp3) is 0.312. The van der Waals surface area contributed by atoms with Crippen LogP contribution in [0.2, 0.25) is 15.1 Å². The first-order chi connectivity index (χ1) is 11.8. The number of aromatic nitrogens is 2. The molecule has 0 aliphatic heterocycles. The van der Waals surface area contributed by atoms with E-state index in [0.29, 0.717) is 11.4 Å². The molecule has 0 radical (unpaired) electrons. The number of nitriles is 1. The van der Waals surface area contributed by atoms with Crippen molar-refractivity contribution in [2.75, 3.05) is 12.3 Å². The van der Waals surface area contributed by atoms with E-state index < -0.39 is 0 Å². The van der Waals surface area contributed by atoms with Crippen molar-refractivity contribution in [3.8, 4) is 11.8 Å². The van der Waals surface area contributed by atoms with Gasteiger partial charge in [-0.3, -0.25) is 4.79 Å². The number of hydrogen-bond donors (Lipinski definition) is 1. The summed E-state index contributed by atoms with van der Waals surface area (Å²) in [6.45, 7) is 3.77. The van der Waals surface area contributed by atoms with E-state index in [4.69, 9.17) is 45.3 Å². The molecule has 0 aliphatic rings. The molecule has 6 nitrogen and oxygen atoms in total. The van der Waals surface area contributed by atoms with Gasteiger partial charge in [-0.1, -0.05) is 41.7 Å². The van der Waals surface area contributed by atoms with Crippen LogP contribution < -0.4 is 5.73 Å². The minimum atomic E-state index is -0.385. The summed E-state index contributed by atoms with van der Waals surface area (Å²) in [5.41, 5.74) is 6.91. The minimum Gasteiger partial charge on any atom is -0.466 e. The Labute approximate surface area is 160 Å². The monoisotopic (exact) mass is 400 g/mol. The van der Waals surface area contributed by atoms with Crippen molar-refractivity contribution in [1.82, 2.24) is 9.78 Å². The van der Waals surface area contributed by atoms with E-state index >= 15 is 0 Å². The molecule has 1 aromatic heterocycles. The van der Waals surface area contributed by atoms with Crippen LogP contribution in [0.5, 0.6) is 0 Å². The van der Waals surface area contributed by atoms with Crippen molar-refractivity contribution in [1.29, 1.82) is 5.26 Å². The van der Waals surface area contributed by atoms with Crippen molar-refractivity contribution in [3.05, 3.63) is 38.5 Å². The van der Waals surface area contributed by atoms with E-state index in [9.17, 15) is 10.1 Å². The third-order valence-electron chi connectivity index (χ3n) is 3.55. The lowest BCUT2D eigenvalue weighted by molar-refractivity contribution is -0.143. The Bertz CT molecular complexity index is 858. The molecule has 0 fully saturated rings. The highest BCUT2D eigenvalue weighted by atomic mass is 35.5. The molecule has 132 valence electrons. The lowest BCUT2D eigenvalue weighted by Gasteiger charge is -2.15. The first-order valence-corrected chi connectivity index (χ1v) is 8.53. The number of benzene rings is 1. The summed E-state index contributed by atoms with van der Waals surface area (Å²) in [6.07, 6.45) is 0.0621. The third kappa shape index (κ3) is 3.84. The molecule has 25 heavy (non-hydrogen) atoms. The first-order valence-electron chi connectivity index (χ1n) is 7.39. The van der Waals surface area contributed by atoms with E-state index in [1.807, 2.05) is 6.07 Å². The maximum absolute atomic E-state index is 11.8. The van der Waals surface area contributed by atoms with Gasteiger partial charge in [-0.05, 0) is 19.1 Å². The van der Waals surface area contributed by atoms with Crippen LogP contribution in [0.3, 0.4) is 0 Å². The van der Waals surface area contributed by atoms with Gasteiger partial charge >= 0.3 is 5.97 Å². The zero-order chi connectivity index (χ0) is 18.7. The summed E-state index contributed by atoms with van der Waals surface area (Å²) < 4.78 is 6.39. The maximum Gasteiger partial charge on any atom is 0.306 e. The molecule has 1 unspecified atom stereocenters. The normalized spacial score (nSPS) is 11.8. The Morgan fingerprint density at radius 1 is 1.40 bits per heavy atom. The van der Waals surface area contributed by atoms with Gasteiger partial charge in [0.05, 0.1) is 39.5 Å². The SMILES string of the molecule is CCOC(=O)CC(C)c1c(C#N)c(N)nn1-c1ccc(Cl)c(Cl)c1Cl. The zero-order valence-electron chi connectivity index (χ0n) is 13.5. The van der Waals surface area contributed by atoms with E-state index in [1.54, 1.807) is 26.0 Å². The molecule has 9 heteroatoms. The Morgan fingerprint density at radius 3 is 2.68 bits per heavy atom. The number of esters is 1. The smallest absolute Gasteiger partial charge is 0.306 e. The van der Waals surface area contributed by atoms with Gasteiger partial charge in [0.2, 0.25) is 0 Å². The van der Waals surface area contributed by atoms with Gasteiger partial charge in [0.1, 0.15) is 11.6 Å². The highest BCUT2D eigenvalue weighted by molar-refractivity contribution is 6.48. The Morgan fingerprint density at radius 2 is 2.08 bits per heavy atom. The summed E-state index contributed by atoms with van der Waals surface area (Å²) in [5.74, 6) is -0.732. The van der Waals surface area contributed by atoms with Crippen LogP contribution in [0.15, 0.2) is 12.1 Å². The van der Waals surface area contributed by atoms with Crippen molar-refractivity contribution in [3.63, 3.8) is 0 Å². The summed E-state index contributed by atoms with van der Waals surface area (Å²) in [5, 5.41) is 14.3. The lowest BCUT2D eigenvalue weighted by Crippen LogP contribution is -2.13. The van der Waals surface area contributed by atoms with Gasteiger partial charge in [-0.25, -0.2) is 4.68 Å². The number of anilines is 1. The largest absolute Gasteiger partial charge is 0.466 e. The second-order valence-electron chi connectivity index (χ2n) is 5.27. The number of hydrogen-bond acceptors (Lipinski definition) is 5. The summed E-state index contributed by atoms with van der Waals surface area (Å²) in [4.78, 5) is 11.8. The Hall–Kier alpha value is -1.94. The van der Waals surface area contributed by atoms with Crippen molar-refractivity contribution >= 4 is 46.6 Å². The van der Waals surface area contributed by atoms with Gasteiger partial charge in [0, 0.05) is 5.92 Å². The van der Waals surface area contributed by atoms with Crippen LogP contribution in [0.25, 0.3) is 5.69 Å². The van der Waals surface area contributed by atoms with Gasteiger partial charge in [0.25, 0.3) is 0 Å². The molecule has 2 rings (SSSR count). The zero-order valence-corrected chi connectivity index (χ0v) is 15.8. The number of nitrogen functional groups attached to an aromatic ring is 1. The molecule has 1 aromatic carbocycles. The fourth-order valence-electron chi connectivity index (χ4n) is 2.45. The van der Waals surface area contributed by atoms with Crippen LogP contribution >= 0.6 is 34.8 Å². The van der Waals surface area contributed by atoms with Crippen LogP contribution in [0.1, 0.15) is 37.4 Å². The number of carbonyl (C=O) groups excluding carboxylic acids is 1. The molecule has 2 N–H and O–H groups in total. The molecule has 0 bridgehead atoms. The second kappa shape index (κ2) is 7.96. The number of nitrogens with two attached hydrogens (primary N) is 1. The first kappa shape index (κ1) is 19.4. The van der Waals surface area contributed by atoms with E-state index in [2.05, 4.69) is 5.10 Å². The molecule has 2 aromatic rings. The van der Waals surface area contributed by atoms with Crippen molar-refractivity contribution in [2.24, 2.45) is 0 Å². The molecule has 0 spiro atoms. The quantitative estimate of drug-likeness (QED) is 0.594. The average molecular weight is 402 g/mol. The number of halogens is 3. The topological polar surface area (TPSA) is 93.9 Å².